The predicted molar refractivity (Wildman–Crippen MR) is 58.0 cm³/mol. The zero-order valence-corrected chi connectivity index (χ0v) is 10.8. The van der Waals surface area contributed by atoms with Crippen molar-refractivity contribution in [2.75, 3.05) is 0 Å². The van der Waals surface area contributed by atoms with Crippen LogP contribution < -0.4 is 0 Å². The molecule has 0 bridgehead atoms. The molecule has 1 nitrogen and oxygen atoms in total. The van der Waals surface area contributed by atoms with E-state index in [4.69, 9.17) is 15.5 Å². The van der Waals surface area contributed by atoms with Crippen LogP contribution in [0.2, 0.25) is 11.1 Å². The third-order valence-corrected chi connectivity index (χ3v) is 8.86. The van der Waals surface area contributed by atoms with Gasteiger partial charge < -0.3 is 4.43 Å². The van der Waals surface area contributed by atoms with Gasteiger partial charge in [0.15, 0.2) is 0 Å². The summed E-state index contributed by atoms with van der Waals surface area (Å²) in [5, 5.41) is 0. The van der Waals surface area contributed by atoms with E-state index in [1.807, 2.05) is 0 Å². The molecule has 0 amide bonds. The van der Waals surface area contributed by atoms with E-state index in [1.165, 1.54) is 0 Å². The Labute approximate surface area is 82.3 Å². The second-order valence-corrected chi connectivity index (χ2v) is 9.89. The molecule has 0 aliphatic heterocycles. The third kappa shape index (κ3) is 3.07. The maximum absolute atomic E-state index is 6.52. The maximum Gasteiger partial charge on any atom is 0.295 e. The summed E-state index contributed by atoms with van der Waals surface area (Å²) in [7, 11) is -1.99. The monoisotopic (exact) mass is 208 g/mol. The Morgan fingerprint density at radius 1 is 0.917 bits per heavy atom. The van der Waals surface area contributed by atoms with Crippen molar-refractivity contribution >= 4 is 18.7 Å². The van der Waals surface area contributed by atoms with Gasteiger partial charge in [-0.15, -0.1) is 11.1 Å². The van der Waals surface area contributed by atoms with Gasteiger partial charge in [0.2, 0.25) is 0 Å². The zero-order valence-electron chi connectivity index (χ0n) is 9.02. The summed E-state index contributed by atoms with van der Waals surface area (Å²) < 4.78 is 5.86. The van der Waals surface area contributed by atoms with E-state index in [2.05, 4.69) is 41.5 Å². The molecule has 0 saturated heterocycles. The minimum atomic E-state index is -1.99. The Morgan fingerprint density at radius 3 is 1.33 bits per heavy atom. The SMILES string of the molecule is CC(C)O[Si](Cl)(C(C)C)C(C)C. The molecule has 0 rings (SSSR count). The Balaban J connectivity index is 4.40. The van der Waals surface area contributed by atoms with Gasteiger partial charge in [0.1, 0.15) is 0 Å². The van der Waals surface area contributed by atoms with Crippen molar-refractivity contribution < 1.29 is 4.43 Å². The van der Waals surface area contributed by atoms with Crippen LogP contribution in [0, 0.1) is 0 Å². The van der Waals surface area contributed by atoms with Crippen LogP contribution in [0.15, 0.2) is 0 Å². The van der Waals surface area contributed by atoms with Crippen molar-refractivity contribution in [3.63, 3.8) is 0 Å². The van der Waals surface area contributed by atoms with E-state index in [0.717, 1.165) is 0 Å². The fourth-order valence-corrected chi connectivity index (χ4v) is 4.43. The lowest BCUT2D eigenvalue weighted by atomic mass is 10.5. The summed E-state index contributed by atoms with van der Waals surface area (Å²) in [5.74, 6) is 0. The maximum atomic E-state index is 6.52. The first kappa shape index (κ1) is 12.5. The van der Waals surface area contributed by atoms with Gasteiger partial charge in [-0.2, -0.15) is 0 Å². The van der Waals surface area contributed by atoms with Gasteiger partial charge in [-0.25, -0.2) is 0 Å². The summed E-state index contributed by atoms with van der Waals surface area (Å²) in [6.45, 7) is 12.7. The lowest BCUT2D eigenvalue weighted by molar-refractivity contribution is 0.227. The first-order valence-corrected chi connectivity index (χ1v) is 7.75. The number of hydrogen-bond acceptors (Lipinski definition) is 1. The van der Waals surface area contributed by atoms with Gasteiger partial charge in [0, 0.05) is 6.10 Å². The first-order valence-electron chi connectivity index (χ1n) is 4.67. The van der Waals surface area contributed by atoms with Crippen LogP contribution in [-0.2, 0) is 4.43 Å². The minimum absolute atomic E-state index is 0.249. The molecule has 74 valence electrons. The van der Waals surface area contributed by atoms with Gasteiger partial charge in [-0.3, -0.25) is 0 Å². The number of hydrogen-bond donors (Lipinski definition) is 0. The molecule has 0 heterocycles. The molecule has 0 aromatic heterocycles. The normalized spacial score (nSPS) is 13.5. The molecule has 0 atom stereocenters. The van der Waals surface area contributed by atoms with Crippen LogP contribution in [0.1, 0.15) is 41.5 Å². The molecule has 0 N–H and O–H groups in total. The van der Waals surface area contributed by atoms with Crippen LogP contribution in [-0.4, -0.2) is 13.7 Å². The standard InChI is InChI=1S/C9H21ClOSi/c1-7(2)11-12(10,8(3)4)9(5)6/h7-9H,1-6H3. The predicted octanol–water partition coefficient (Wildman–Crippen LogP) is 3.91. The van der Waals surface area contributed by atoms with E-state index in [0.29, 0.717) is 11.1 Å². The van der Waals surface area contributed by atoms with Crippen LogP contribution in [0.5, 0.6) is 0 Å². The number of rotatable bonds is 4. The Hall–Kier alpha value is 0.467. The zero-order chi connectivity index (χ0) is 9.94. The topological polar surface area (TPSA) is 9.23 Å². The van der Waals surface area contributed by atoms with Crippen molar-refractivity contribution in [2.24, 2.45) is 0 Å². The van der Waals surface area contributed by atoms with E-state index >= 15 is 0 Å². The molecule has 12 heavy (non-hydrogen) atoms. The van der Waals surface area contributed by atoms with Gasteiger partial charge in [0.05, 0.1) is 0 Å². The lowest BCUT2D eigenvalue weighted by Crippen LogP contribution is -2.40. The molecule has 0 radical (unpaired) electrons. The third-order valence-electron chi connectivity index (χ3n) is 1.99. The lowest BCUT2D eigenvalue weighted by Gasteiger charge is -2.33. The molecule has 0 saturated carbocycles. The summed E-state index contributed by atoms with van der Waals surface area (Å²) in [5.41, 5.74) is 0.947. The van der Waals surface area contributed by atoms with Crippen molar-refractivity contribution in [1.29, 1.82) is 0 Å². The van der Waals surface area contributed by atoms with Crippen molar-refractivity contribution in [2.45, 2.75) is 58.7 Å². The van der Waals surface area contributed by atoms with Crippen LogP contribution in [0.3, 0.4) is 0 Å². The number of halogens is 1. The summed E-state index contributed by atoms with van der Waals surface area (Å²) in [6, 6.07) is 0. The molecule has 0 aromatic carbocycles. The fourth-order valence-electron chi connectivity index (χ4n) is 1.30. The van der Waals surface area contributed by atoms with Crippen LogP contribution in [0.25, 0.3) is 0 Å². The van der Waals surface area contributed by atoms with Gasteiger partial charge in [-0.1, -0.05) is 27.7 Å². The molecule has 0 fully saturated rings. The summed E-state index contributed by atoms with van der Waals surface area (Å²) >= 11 is 6.52. The summed E-state index contributed by atoms with van der Waals surface area (Å²) in [4.78, 5) is 0. The highest BCUT2D eigenvalue weighted by Gasteiger charge is 2.41. The van der Waals surface area contributed by atoms with Crippen molar-refractivity contribution in [1.82, 2.24) is 0 Å². The largest absolute Gasteiger partial charge is 0.400 e. The van der Waals surface area contributed by atoms with Crippen molar-refractivity contribution in [3.8, 4) is 0 Å². The quantitative estimate of drug-likeness (QED) is 0.503. The van der Waals surface area contributed by atoms with E-state index < -0.39 is 7.63 Å². The average molecular weight is 209 g/mol. The van der Waals surface area contributed by atoms with Gasteiger partial charge >= 0.3 is 0 Å². The van der Waals surface area contributed by atoms with Gasteiger partial charge in [0.25, 0.3) is 7.63 Å². The molecular formula is C9H21ClOSi. The molecular weight excluding hydrogens is 188 g/mol. The van der Waals surface area contributed by atoms with Crippen molar-refractivity contribution in [3.05, 3.63) is 0 Å². The smallest absolute Gasteiger partial charge is 0.295 e. The highest BCUT2D eigenvalue weighted by Crippen LogP contribution is 2.37. The minimum Gasteiger partial charge on any atom is -0.400 e. The van der Waals surface area contributed by atoms with E-state index in [9.17, 15) is 0 Å². The highest BCUT2D eigenvalue weighted by atomic mass is 35.6. The van der Waals surface area contributed by atoms with Crippen LogP contribution in [0.4, 0.5) is 0 Å². The van der Waals surface area contributed by atoms with E-state index in [1.54, 1.807) is 0 Å². The Bertz CT molecular complexity index is 126. The molecule has 0 aliphatic rings. The fraction of sp³-hybridized carbons (Fsp3) is 1.00. The molecule has 0 unspecified atom stereocenters. The molecule has 0 aliphatic carbocycles. The Kier molecular flexibility index (Phi) is 4.81. The molecule has 0 spiro atoms. The van der Waals surface area contributed by atoms with Gasteiger partial charge in [-0.05, 0) is 24.9 Å². The second-order valence-electron chi connectivity index (χ2n) is 4.17. The van der Waals surface area contributed by atoms with Crippen LogP contribution >= 0.6 is 11.1 Å². The molecule has 3 heteroatoms. The average Bonchev–Trinajstić information content (AvgIpc) is 1.84. The first-order chi connectivity index (χ1) is 5.30. The Morgan fingerprint density at radius 2 is 1.25 bits per heavy atom. The second kappa shape index (κ2) is 4.63. The summed E-state index contributed by atoms with van der Waals surface area (Å²) in [6.07, 6.45) is 0.249. The molecule has 0 aromatic rings. The highest BCUT2D eigenvalue weighted by molar-refractivity contribution is 7.18. The van der Waals surface area contributed by atoms with E-state index in [-0.39, 0.29) is 6.10 Å².